The van der Waals surface area contributed by atoms with Crippen molar-refractivity contribution in [2.45, 2.75) is 57.9 Å². The zero-order valence-corrected chi connectivity index (χ0v) is 18.7. The molecule has 30 heavy (non-hydrogen) atoms. The molecule has 2 aliphatic rings. The first-order valence-electron chi connectivity index (χ1n) is 11.3. The maximum Gasteiger partial charge on any atom is 0.312 e. The highest BCUT2D eigenvalue weighted by molar-refractivity contribution is 5.83. The fourth-order valence-electron chi connectivity index (χ4n) is 4.80. The molecule has 1 unspecified atom stereocenters. The minimum atomic E-state index is -0.573. The van der Waals surface area contributed by atoms with Crippen LogP contribution in [0.25, 0.3) is 0 Å². The van der Waals surface area contributed by atoms with Crippen molar-refractivity contribution in [3.63, 3.8) is 0 Å². The smallest absolute Gasteiger partial charge is 0.312 e. The van der Waals surface area contributed by atoms with Crippen molar-refractivity contribution in [1.29, 1.82) is 0 Å². The first-order valence-corrected chi connectivity index (χ1v) is 11.3. The molecule has 2 fully saturated rings. The molecule has 2 heterocycles. The van der Waals surface area contributed by atoms with Gasteiger partial charge < -0.3 is 14.4 Å². The summed E-state index contributed by atoms with van der Waals surface area (Å²) < 4.78 is 10.7. The number of likely N-dealkylation sites (N-methyl/N-ethyl adjacent to an activating group) is 1. The van der Waals surface area contributed by atoms with Crippen LogP contribution < -0.4 is 4.74 Å². The van der Waals surface area contributed by atoms with Crippen molar-refractivity contribution in [3.8, 4) is 5.75 Å². The largest absolute Gasteiger partial charge is 0.497 e. The Morgan fingerprint density at radius 1 is 1.07 bits per heavy atom. The number of amides is 1. The van der Waals surface area contributed by atoms with Crippen molar-refractivity contribution in [2.75, 3.05) is 40.4 Å². The summed E-state index contributed by atoms with van der Waals surface area (Å²) in [5, 5.41) is 0. The van der Waals surface area contributed by atoms with Crippen molar-refractivity contribution in [2.24, 2.45) is 5.41 Å². The molecular formula is C24H36N2O4. The molecule has 0 spiro atoms. The molecule has 6 nitrogen and oxygen atoms in total. The third-order valence-corrected chi connectivity index (χ3v) is 6.75. The SMILES string of the molecule is CCOC(=O)C1(Cc2ccc(OC)cc2)CCN(C(=O)C2CCCCCN2C)CC1. The highest BCUT2D eigenvalue weighted by atomic mass is 16.5. The molecule has 0 aliphatic carbocycles. The average molecular weight is 417 g/mol. The fourth-order valence-corrected chi connectivity index (χ4v) is 4.80. The van der Waals surface area contributed by atoms with E-state index in [-0.39, 0.29) is 17.9 Å². The van der Waals surface area contributed by atoms with Crippen molar-refractivity contribution < 1.29 is 19.1 Å². The van der Waals surface area contributed by atoms with Gasteiger partial charge in [0.05, 0.1) is 25.2 Å². The van der Waals surface area contributed by atoms with E-state index in [2.05, 4.69) is 11.9 Å². The lowest BCUT2D eigenvalue weighted by atomic mass is 9.73. The summed E-state index contributed by atoms with van der Waals surface area (Å²) in [6, 6.07) is 7.85. The predicted molar refractivity (Wildman–Crippen MR) is 116 cm³/mol. The standard InChI is InChI=1S/C24H36N2O4/c1-4-30-23(28)24(18-19-9-11-20(29-3)12-10-19)13-16-26(17-14-24)22(27)21-8-6-5-7-15-25(21)2/h9-12,21H,4-8,13-18H2,1-3H3. The molecular weight excluding hydrogens is 380 g/mol. The Hall–Kier alpha value is -2.08. The average Bonchev–Trinajstić information content (AvgIpc) is 2.98. The maximum absolute atomic E-state index is 13.2. The number of piperidine rings is 1. The van der Waals surface area contributed by atoms with Gasteiger partial charge >= 0.3 is 5.97 Å². The van der Waals surface area contributed by atoms with Gasteiger partial charge in [0.2, 0.25) is 5.91 Å². The number of rotatable bonds is 6. The highest BCUT2D eigenvalue weighted by Gasteiger charge is 2.44. The number of benzene rings is 1. The molecule has 1 aromatic rings. The number of likely N-dealkylation sites (tertiary alicyclic amines) is 2. The Kier molecular flexibility index (Phi) is 7.75. The van der Waals surface area contributed by atoms with Gasteiger partial charge in [0.15, 0.2) is 0 Å². The minimum Gasteiger partial charge on any atom is -0.497 e. The minimum absolute atomic E-state index is 0.0239. The highest BCUT2D eigenvalue weighted by Crippen LogP contribution is 2.37. The van der Waals surface area contributed by atoms with E-state index in [1.807, 2.05) is 36.1 Å². The van der Waals surface area contributed by atoms with E-state index in [0.29, 0.717) is 39.0 Å². The summed E-state index contributed by atoms with van der Waals surface area (Å²) in [5.41, 5.74) is 0.517. The van der Waals surface area contributed by atoms with E-state index >= 15 is 0 Å². The Labute approximate surface area is 180 Å². The van der Waals surface area contributed by atoms with Gasteiger partial charge in [0, 0.05) is 13.1 Å². The van der Waals surface area contributed by atoms with Gasteiger partial charge in [-0.05, 0) is 70.3 Å². The normalized spacial score (nSPS) is 22.2. The van der Waals surface area contributed by atoms with Gasteiger partial charge in [-0.25, -0.2) is 0 Å². The number of hydrogen-bond donors (Lipinski definition) is 0. The van der Waals surface area contributed by atoms with E-state index in [1.54, 1.807) is 7.11 Å². The van der Waals surface area contributed by atoms with Crippen LogP contribution in [0.1, 0.15) is 51.0 Å². The summed E-state index contributed by atoms with van der Waals surface area (Å²) in [5.74, 6) is 0.887. The van der Waals surface area contributed by atoms with E-state index in [9.17, 15) is 9.59 Å². The second-order valence-electron chi connectivity index (χ2n) is 8.70. The van der Waals surface area contributed by atoms with Crippen LogP contribution in [0.3, 0.4) is 0 Å². The first-order chi connectivity index (χ1) is 14.5. The van der Waals surface area contributed by atoms with Crippen LogP contribution in [-0.4, -0.2) is 68.1 Å². The molecule has 0 saturated carbocycles. The summed E-state index contributed by atoms with van der Waals surface area (Å²) in [6.07, 6.45) is 6.30. The van der Waals surface area contributed by atoms with Crippen LogP contribution in [-0.2, 0) is 20.7 Å². The first kappa shape index (κ1) is 22.6. The lowest BCUT2D eigenvalue weighted by molar-refractivity contribution is -0.161. The number of ether oxygens (including phenoxy) is 2. The van der Waals surface area contributed by atoms with Crippen LogP contribution in [0, 0.1) is 5.41 Å². The van der Waals surface area contributed by atoms with E-state index in [4.69, 9.17) is 9.47 Å². The van der Waals surface area contributed by atoms with Gasteiger partial charge in [0.25, 0.3) is 0 Å². The number of carbonyl (C=O) groups excluding carboxylic acids is 2. The molecule has 2 aliphatic heterocycles. The molecule has 6 heteroatoms. The molecule has 1 aromatic carbocycles. The van der Waals surface area contributed by atoms with Crippen LogP contribution >= 0.6 is 0 Å². The monoisotopic (exact) mass is 416 g/mol. The Morgan fingerprint density at radius 2 is 1.77 bits per heavy atom. The molecule has 2 saturated heterocycles. The second kappa shape index (κ2) is 10.3. The topological polar surface area (TPSA) is 59.1 Å². The Balaban J connectivity index is 1.70. The molecule has 0 bridgehead atoms. The Bertz CT molecular complexity index is 710. The van der Waals surface area contributed by atoms with Gasteiger partial charge in [-0.3, -0.25) is 14.5 Å². The van der Waals surface area contributed by atoms with Gasteiger partial charge in [-0.15, -0.1) is 0 Å². The zero-order chi connectivity index (χ0) is 21.6. The van der Waals surface area contributed by atoms with Crippen LogP contribution in [0.5, 0.6) is 5.75 Å². The van der Waals surface area contributed by atoms with E-state index < -0.39 is 5.41 Å². The summed E-state index contributed by atoms with van der Waals surface area (Å²) in [4.78, 5) is 30.3. The summed E-state index contributed by atoms with van der Waals surface area (Å²) in [7, 11) is 3.71. The lowest BCUT2D eigenvalue weighted by Crippen LogP contribution is -2.53. The molecule has 0 radical (unpaired) electrons. The lowest BCUT2D eigenvalue weighted by Gasteiger charge is -2.41. The number of esters is 1. The molecule has 1 atom stereocenters. The van der Waals surface area contributed by atoms with Crippen molar-refractivity contribution >= 4 is 11.9 Å². The Morgan fingerprint density at radius 3 is 2.40 bits per heavy atom. The third kappa shape index (κ3) is 5.15. The third-order valence-electron chi connectivity index (χ3n) is 6.75. The number of nitrogens with zero attached hydrogens (tertiary/aromatic N) is 2. The van der Waals surface area contributed by atoms with Gasteiger partial charge in [0.1, 0.15) is 5.75 Å². The number of hydrogen-bond acceptors (Lipinski definition) is 5. The van der Waals surface area contributed by atoms with Gasteiger partial charge in [-0.1, -0.05) is 25.0 Å². The van der Waals surface area contributed by atoms with E-state index in [1.165, 1.54) is 6.42 Å². The molecule has 166 valence electrons. The van der Waals surface area contributed by atoms with Crippen LogP contribution in [0.15, 0.2) is 24.3 Å². The zero-order valence-electron chi connectivity index (χ0n) is 18.7. The molecule has 0 aromatic heterocycles. The van der Waals surface area contributed by atoms with Gasteiger partial charge in [-0.2, -0.15) is 0 Å². The van der Waals surface area contributed by atoms with Crippen molar-refractivity contribution in [1.82, 2.24) is 9.80 Å². The van der Waals surface area contributed by atoms with E-state index in [0.717, 1.165) is 37.1 Å². The van der Waals surface area contributed by atoms with Crippen molar-refractivity contribution in [3.05, 3.63) is 29.8 Å². The predicted octanol–water partition coefficient (Wildman–Crippen LogP) is 3.28. The molecule has 3 rings (SSSR count). The number of carbonyl (C=O) groups is 2. The quantitative estimate of drug-likeness (QED) is 0.666. The fraction of sp³-hybridized carbons (Fsp3) is 0.667. The maximum atomic E-state index is 13.2. The number of methoxy groups -OCH3 is 1. The second-order valence-corrected chi connectivity index (χ2v) is 8.70. The molecule has 1 amide bonds. The summed E-state index contributed by atoms with van der Waals surface area (Å²) in [6.45, 7) is 4.42. The van der Waals surface area contributed by atoms with Crippen LogP contribution in [0.2, 0.25) is 0 Å². The van der Waals surface area contributed by atoms with Crippen LogP contribution in [0.4, 0.5) is 0 Å². The molecule has 0 N–H and O–H groups in total. The summed E-state index contributed by atoms with van der Waals surface area (Å²) >= 11 is 0.